The van der Waals surface area contributed by atoms with Gasteiger partial charge in [0.1, 0.15) is 0 Å². The van der Waals surface area contributed by atoms with Gasteiger partial charge in [0, 0.05) is 31.7 Å². The lowest BCUT2D eigenvalue weighted by Gasteiger charge is -2.42. The predicted octanol–water partition coefficient (Wildman–Crippen LogP) is 2.74. The van der Waals surface area contributed by atoms with Crippen molar-refractivity contribution >= 4 is 0 Å². The van der Waals surface area contributed by atoms with Crippen LogP contribution in [0.4, 0.5) is 0 Å². The van der Waals surface area contributed by atoms with E-state index in [2.05, 4.69) is 52.7 Å². The molecule has 0 aromatic heterocycles. The van der Waals surface area contributed by atoms with Crippen LogP contribution in [0.2, 0.25) is 0 Å². The molecule has 2 aliphatic rings. The van der Waals surface area contributed by atoms with Crippen molar-refractivity contribution in [1.29, 1.82) is 0 Å². The molecule has 2 heteroatoms. The van der Waals surface area contributed by atoms with E-state index in [-0.39, 0.29) is 0 Å². The van der Waals surface area contributed by atoms with Crippen LogP contribution in [-0.4, -0.2) is 30.6 Å². The highest BCUT2D eigenvalue weighted by Crippen LogP contribution is 2.28. The lowest BCUT2D eigenvalue weighted by Crippen LogP contribution is -2.50. The zero-order valence-electron chi connectivity index (χ0n) is 10.9. The summed E-state index contributed by atoms with van der Waals surface area (Å²) in [6.45, 7) is 3.39. The summed E-state index contributed by atoms with van der Waals surface area (Å²) in [7, 11) is 0. The summed E-state index contributed by atoms with van der Waals surface area (Å²) in [5.41, 5.74) is 1.46. The summed E-state index contributed by atoms with van der Waals surface area (Å²) in [5, 5.41) is 3.54. The van der Waals surface area contributed by atoms with Gasteiger partial charge in [-0.3, -0.25) is 4.90 Å². The minimum Gasteiger partial charge on any atom is -0.314 e. The zero-order valence-corrected chi connectivity index (χ0v) is 10.9. The molecule has 0 spiro atoms. The molecule has 1 aliphatic carbocycles. The van der Waals surface area contributed by atoms with Crippen molar-refractivity contribution in [3.63, 3.8) is 0 Å². The van der Waals surface area contributed by atoms with Gasteiger partial charge in [0.25, 0.3) is 0 Å². The summed E-state index contributed by atoms with van der Waals surface area (Å²) < 4.78 is 0. The van der Waals surface area contributed by atoms with E-state index in [1.807, 2.05) is 0 Å². The molecule has 2 nitrogen and oxygen atoms in total. The summed E-state index contributed by atoms with van der Waals surface area (Å²) in [5.74, 6) is 0. The van der Waals surface area contributed by atoms with Crippen LogP contribution in [0.5, 0.6) is 0 Å². The number of rotatable bonds is 2. The van der Waals surface area contributed by atoms with Gasteiger partial charge in [0.05, 0.1) is 0 Å². The Labute approximate surface area is 110 Å². The first kappa shape index (κ1) is 11.9. The molecule has 0 saturated carbocycles. The molecule has 1 aromatic rings. The van der Waals surface area contributed by atoms with Crippen LogP contribution >= 0.6 is 0 Å². The summed E-state index contributed by atoms with van der Waals surface area (Å²) >= 11 is 0. The van der Waals surface area contributed by atoms with Gasteiger partial charge in [0.15, 0.2) is 0 Å². The van der Waals surface area contributed by atoms with E-state index >= 15 is 0 Å². The Kier molecular flexibility index (Phi) is 3.77. The van der Waals surface area contributed by atoms with E-state index in [0.717, 1.165) is 19.1 Å². The van der Waals surface area contributed by atoms with Gasteiger partial charge in [-0.2, -0.15) is 0 Å². The molecule has 0 bridgehead atoms. The molecule has 1 fully saturated rings. The average molecular weight is 242 g/mol. The Bertz CT molecular complexity index is 399. The second-order valence-electron chi connectivity index (χ2n) is 5.31. The molecule has 2 unspecified atom stereocenters. The quantitative estimate of drug-likeness (QED) is 0.802. The first-order chi connectivity index (χ1) is 8.95. The van der Waals surface area contributed by atoms with Gasteiger partial charge in [-0.15, -0.1) is 0 Å². The largest absolute Gasteiger partial charge is 0.314 e. The molecule has 1 aromatic carbocycles. The Morgan fingerprint density at radius 2 is 2.00 bits per heavy atom. The van der Waals surface area contributed by atoms with Crippen molar-refractivity contribution < 1.29 is 0 Å². The fraction of sp³-hybridized carbons (Fsp3) is 0.500. The van der Waals surface area contributed by atoms with Crippen LogP contribution in [0.15, 0.2) is 42.5 Å². The summed E-state index contributed by atoms with van der Waals surface area (Å²) in [4.78, 5) is 2.72. The van der Waals surface area contributed by atoms with Crippen molar-refractivity contribution in [3.05, 3.63) is 48.0 Å². The summed E-state index contributed by atoms with van der Waals surface area (Å²) in [6.07, 6.45) is 8.48. The maximum atomic E-state index is 3.54. The number of benzene rings is 1. The highest BCUT2D eigenvalue weighted by molar-refractivity contribution is 5.20. The van der Waals surface area contributed by atoms with Crippen molar-refractivity contribution in [2.75, 3.05) is 19.6 Å². The van der Waals surface area contributed by atoms with Crippen LogP contribution in [-0.2, 0) is 0 Å². The molecule has 3 rings (SSSR count). The van der Waals surface area contributed by atoms with Gasteiger partial charge in [-0.05, 0) is 24.8 Å². The predicted molar refractivity (Wildman–Crippen MR) is 75.5 cm³/mol. The molecular weight excluding hydrogens is 220 g/mol. The van der Waals surface area contributed by atoms with Crippen LogP contribution in [0, 0.1) is 0 Å². The number of hydrogen-bond donors (Lipinski definition) is 1. The van der Waals surface area contributed by atoms with Gasteiger partial charge in [-0.1, -0.05) is 42.5 Å². The molecule has 18 heavy (non-hydrogen) atoms. The number of nitrogens with zero attached hydrogens (tertiary/aromatic N) is 1. The van der Waals surface area contributed by atoms with Crippen molar-refractivity contribution in [3.8, 4) is 0 Å². The first-order valence-electron chi connectivity index (χ1n) is 7.11. The minimum atomic E-state index is 0.552. The smallest absolute Gasteiger partial charge is 0.0476 e. The Morgan fingerprint density at radius 1 is 1.11 bits per heavy atom. The fourth-order valence-corrected chi connectivity index (χ4v) is 3.22. The van der Waals surface area contributed by atoms with E-state index in [0.29, 0.717) is 6.04 Å². The molecule has 1 saturated heterocycles. The molecule has 0 radical (unpaired) electrons. The molecule has 2 atom stereocenters. The van der Waals surface area contributed by atoms with Gasteiger partial charge in [-0.25, -0.2) is 0 Å². The lowest BCUT2D eigenvalue weighted by atomic mass is 9.95. The van der Waals surface area contributed by atoms with Crippen LogP contribution < -0.4 is 5.32 Å². The normalized spacial score (nSPS) is 29.3. The second kappa shape index (κ2) is 5.68. The molecule has 1 aliphatic heterocycles. The molecular formula is C16H22N2. The highest BCUT2D eigenvalue weighted by Gasteiger charge is 2.29. The maximum Gasteiger partial charge on any atom is 0.0476 e. The zero-order chi connectivity index (χ0) is 12.2. The lowest BCUT2D eigenvalue weighted by molar-refractivity contribution is 0.0992. The third-order valence-electron chi connectivity index (χ3n) is 4.18. The van der Waals surface area contributed by atoms with E-state index in [4.69, 9.17) is 0 Å². The summed E-state index contributed by atoms with van der Waals surface area (Å²) in [6, 6.07) is 12.2. The van der Waals surface area contributed by atoms with Crippen molar-refractivity contribution in [2.24, 2.45) is 0 Å². The Hall–Kier alpha value is -1.12. The third kappa shape index (κ3) is 2.50. The Morgan fingerprint density at radius 3 is 2.78 bits per heavy atom. The van der Waals surface area contributed by atoms with E-state index < -0.39 is 0 Å². The van der Waals surface area contributed by atoms with E-state index in [1.165, 1.54) is 31.4 Å². The fourth-order valence-electron chi connectivity index (χ4n) is 3.22. The second-order valence-corrected chi connectivity index (χ2v) is 5.31. The highest BCUT2D eigenvalue weighted by atomic mass is 15.2. The SMILES string of the molecule is C1=CCC(N2CCNCC2c2ccccc2)CC1. The number of nitrogens with one attached hydrogen (secondary N) is 1. The first-order valence-corrected chi connectivity index (χ1v) is 7.11. The Balaban J connectivity index is 1.79. The van der Waals surface area contributed by atoms with Gasteiger partial charge < -0.3 is 5.32 Å². The number of piperazine rings is 1. The average Bonchev–Trinajstić information content (AvgIpc) is 2.49. The maximum absolute atomic E-state index is 3.54. The molecule has 0 amide bonds. The van der Waals surface area contributed by atoms with Crippen molar-refractivity contribution in [2.45, 2.75) is 31.3 Å². The number of allylic oxidation sites excluding steroid dienone is 1. The van der Waals surface area contributed by atoms with Gasteiger partial charge in [0.2, 0.25) is 0 Å². The third-order valence-corrected chi connectivity index (χ3v) is 4.18. The van der Waals surface area contributed by atoms with Crippen LogP contribution in [0.25, 0.3) is 0 Å². The molecule has 96 valence electrons. The molecule has 1 N–H and O–H groups in total. The standard InChI is InChI=1S/C16H22N2/c1-3-7-14(8-4-1)16-13-17-11-12-18(16)15-9-5-2-6-10-15/h1-5,7-8,15-17H,6,9-13H2. The minimum absolute atomic E-state index is 0.552. The van der Waals surface area contributed by atoms with Crippen LogP contribution in [0.3, 0.4) is 0 Å². The topological polar surface area (TPSA) is 15.3 Å². The van der Waals surface area contributed by atoms with Crippen molar-refractivity contribution in [1.82, 2.24) is 10.2 Å². The molecule has 1 heterocycles. The van der Waals surface area contributed by atoms with E-state index in [1.54, 1.807) is 0 Å². The van der Waals surface area contributed by atoms with Gasteiger partial charge >= 0.3 is 0 Å². The number of hydrogen-bond acceptors (Lipinski definition) is 2. The van der Waals surface area contributed by atoms with E-state index in [9.17, 15) is 0 Å². The monoisotopic (exact) mass is 242 g/mol. The van der Waals surface area contributed by atoms with Crippen LogP contribution in [0.1, 0.15) is 30.9 Å².